The molecule has 0 bridgehead atoms. The summed E-state index contributed by atoms with van der Waals surface area (Å²) in [6.07, 6.45) is -0.932. The van der Waals surface area contributed by atoms with E-state index in [9.17, 15) is 5.11 Å². The van der Waals surface area contributed by atoms with Gasteiger partial charge in [-0.2, -0.15) is 0 Å². The van der Waals surface area contributed by atoms with Gasteiger partial charge < -0.3 is 25.4 Å². The second-order valence-electron chi connectivity index (χ2n) is 4.71. The summed E-state index contributed by atoms with van der Waals surface area (Å²) in [6.45, 7) is -0.0544. The number of benzene rings is 1. The largest absolute Gasteiger partial charge is 0.497 e. The Morgan fingerprint density at radius 3 is 2.36 bits per heavy atom. The van der Waals surface area contributed by atoms with Crippen LogP contribution >= 0.6 is 0 Å². The number of nitrogens with two attached hydrogens (primary N) is 1. The van der Waals surface area contributed by atoms with E-state index in [-0.39, 0.29) is 19.7 Å². The molecule has 2 aromatic rings. The molecule has 8 nitrogen and oxygen atoms in total. The van der Waals surface area contributed by atoms with Gasteiger partial charge in [0.15, 0.2) is 0 Å². The minimum atomic E-state index is -0.932. The molecule has 1 aromatic heterocycles. The minimum Gasteiger partial charge on any atom is -0.497 e. The molecule has 1 aromatic carbocycles. The third-order valence-corrected chi connectivity index (χ3v) is 3.22. The Kier molecular flexibility index (Phi) is 5.31. The zero-order valence-corrected chi connectivity index (χ0v) is 12.6. The van der Waals surface area contributed by atoms with Crippen molar-refractivity contribution in [1.29, 1.82) is 0 Å². The summed E-state index contributed by atoms with van der Waals surface area (Å²) in [5.74, 6) is 1.24. The van der Waals surface area contributed by atoms with Crippen LogP contribution < -0.4 is 15.2 Å². The van der Waals surface area contributed by atoms with E-state index in [1.807, 2.05) is 12.1 Å². The number of nitrogens with zero attached hydrogens (tertiary/aromatic N) is 3. The lowest BCUT2D eigenvalue weighted by Crippen LogP contribution is -2.21. The summed E-state index contributed by atoms with van der Waals surface area (Å²) in [4.78, 5) is 0. The van der Waals surface area contributed by atoms with Crippen molar-refractivity contribution < 1.29 is 19.7 Å². The molecule has 0 fully saturated rings. The highest BCUT2D eigenvalue weighted by Crippen LogP contribution is 2.31. The quantitative estimate of drug-likeness (QED) is 0.647. The van der Waals surface area contributed by atoms with Crippen LogP contribution in [-0.2, 0) is 13.1 Å². The summed E-state index contributed by atoms with van der Waals surface area (Å²) in [5.41, 5.74) is 7.71. The smallest absolute Gasteiger partial charge is 0.123 e. The van der Waals surface area contributed by atoms with Crippen LogP contribution in [0.4, 0.5) is 0 Å². The fraction of sp³-hybridized carbons (Fsp3) is 0.429. The van der Waals surface area contributed by atoms with Crippen LogP contribution in [-0.4, -0.2) is 52.1 Å². The normalized spacial score (nSPS) is 12.2. The van der Waals surface area contributed by atoms with Crippen molar-refractivity contribution in [3.63, 3.8) is 0 Å². The number of aliphatic hydroxyl groups excluding tert-OH is 2. The third-order valence-electron chi connectivity index (χ3n) is 3.22. The maximum atomic E-state index is 9.65. The lowest BCUT2D eigenvalue weighted by atomic mass is 10.1. The monoisotopic (exact) mass is 308 g/mol. The molecule has 120 valence electrons. The predicted octanol–water partition coefficient (Wildman–Crippen LogP) is -0.226. The van der Waals surface area contributed by atoms with Crippen molar-refractivity contribution >= 4 is 0 Å². The fourth-order valence-corrected chi connectivity index (χ4v) is 2.13. The van der Waals surface area contributed by atoms with Crippen LogP contribution in [0.2, 0.25) is 0 Å². The highest BCUT2D eigenvalue weighted by Gasteiger charge is 2.18. The van der Waals surface area contributed by atoms with Crippen LogP contribution in [0.25, 0.3) is 11.3 Å². The second kappa shape index (κ2) is 7.21. The molecule has 4 N–H and O–H groups in total. The molecule has 1 heterocycles. The highest BCUT2D eigenvalue weighted by molar-refractivity contribution is 5.66. The number of aliphatic hydroxyl groups is 2. The molecule has 1 atom stereocenters. The summed E-state index contributed by atoms with van der Waals surface area (Å²) >= 11 is 0. The van der Waals surface area contributed by atoms with E-state index >= 15 is 0 Å². The molecule has 0 saturated heterocycles. The minimum absolute atomic E-state index is 0.109. The molecule has 0 aliphatic carbocycles. The average molecular weight is 308 g/mol. The van der Waals surface area contributed by atoms with E-state index in [1.54, 1.807) is 20.3 Å². The van der Waals surface area contributed by atoms with E-state index in [1.165, 1.54) is 4.68 Å². The molecule has 0 aliphatic rings. The summed E-state index contributed by atoms with van der Waals surface area (Å²) in [5, 5.41) is 26.7. The highest BCUT2D eigenvalue weighted by atomic mass is 16.5. The maximum Gasteiger partial charge on any atom is 0.123 e. The number of ether oxygens (including phenoxy) is 2. The molecule has 2 rings (SSSR count). The maximum absolute atomic E-state index is 9.65. The van der Waals surface area contributed by atoms with E-state index in [2.05, 4.69) is 10.3 Å². The zero-order chi connectivity index (χ0) is 16.1. The Morgan fingerprint density at radius 1 is 1.23 bits per heavy atom. The fourth-order valence-electron chi connectivity index (χ4n) is 2.13. The van der Waals surface area contributed by atoms with Crippen molar-refractivity contribution in [3.05, 3.63) is 23.9 Å². The first-order valence-corrected chi connectivity index (χ1v) is 6.77. The molecular formula is C14H20N4O4. The van der Waals surface area contributed by atoms with E-state index in [4.69, 9.17) is 20.3 Å². The predicted molar refractivity (Wildman–Crippen MR) is 79.5 cm³/mol. The molecule has 0 radical (unpaired) electrons. The molecule has 8 heteroatoms. The molecule has 0 saturated carbocycles. The Balaban J connectivity index is 2.52. The van der Waals surface area contributed by atoms with Gasteiger partial charge in [-0.25, -0.2) is 4.68 Å². The van der Waals surface area contributed by atoms with Crippen molar-refractivity contribution in [3.8, 4) is 22.8 Å². The Bertz CT molecular complexity index is 607. The number of methoxy groups -OCH3 is 2. The standard InChI is InChI=1S/C14H20N4O4/c1-21-11-3-9(4-12(5-11)22-2)14-13(6-15)16-17-18(14)7-10(20)8-19/h3-5,10,19-20H,6-8,15H2,1-2H3. The SMILES string of the molecule is COc1cc(OC)cc(-c2c(CN)nnn2CC(O)CO)c1. The second-order valence-corrected chi connectivity index (χ2v) is 4.71. The Morgan fingerprint density at radius 2 is 1.86 bits per heavy atom. The van der Waals surface area contributed by atoms with Crippen LogP contribution in [0.3, 0.4) is 0 Å². The zero-order valence-electron chi connectivity index (χ0n) is 12.6. The van der Waals surface area contributed by atoms with E-state index < -0.39 is 6.10 Å². The Hall–Kier alpha value is -2.16. The first-order chi connectivity index (χ1) is 10.6. The first-order valence-electron chi connectivity index (χ1n) is 6.77. The van der Waals surface area contributed by atoms with Gasteiger partial charge >= 0.3 is 0 Å². The number of hydrogen-bond acceptors (Lipinski definition) is 7. The van der Waals surface area contributed by atoms with Gasteiger partial charge in [0, 0.05) is 18.2 Å². The Labute approximate surface area is 128 Å². The van der Waals surface area contributed by atoms with Crippen LogP contribution in [0, 0.1) is 0 Å². The summed E-state index contributed by atoms with van der Waals surface area (Å²) < 4.78 is 12.0. The summed E-state index contributed by atoms with van der Waals surface area (Å²) in [6, 6.07) is 5.37. The third kappa shape index (κ3) is 3.35. The number of hydrogen-bond donors (Lipinski definition) is 3. The average Bonchev–Trinajstić information content (AvgIpc) is 2.96. The van der Waals surface area contributed by atoms with Crippen LogP contribution in [0.15, 0.2) is 18.2 Å². The van der Waals surface area contributed by atoms with Gasteiger partial charge in [-0.05, 0) is 12.1 Å². The topological polar surface area (TPSA) is 116 Å². The lowest BCUT2D eigenvalue weighted by Gasteiger charge is -2.13. The van der Waals surface area contributed by atoms with Gasteiger partial charge in [0.1, 0.15) is 17.2 Å². The van der Waals surface area contributed by atoms with Crippen molar-refractivity contribution in [2.45, 2.75) is 19.2 Å². The van der Waals surface area contributed by atoms with Gasteiger partial charge in [0.25, 0.3) is 0 Å². The van der Waals surface area contributed by atoms with Crippen LogP contribution in [0.1, 0.15) is 5.69 Å². The number of aromatic nitrogens is 3. The van der Waals surface area contributed by atoms with Gasteiger partial charge in [0.2, 0.25) is 0 Å². The number of rotatable bonds is 7. The van der Waals surface area contributed by atoms with Gasteiger partial charge in [-0.1, -0.05) is 5.21 Å². The molecule has 22 heavy (non-hydrogen) atoms. The van der Waals surface area contributed by atoms with Crippen molar-refractivity contribution in [2.75, 3.05) is 20.8 Å². The van der Waals surface area contributed by atoms with Gasteiger partial charge in [-0.15, -0.1) is 5.10 Å². The van der Waals surface area contributed by atoms with Crippen molar-refractivity contribution in [1.82, 2.24) is 15.0 Å². The van der Waals surface area contributed by atoms with Gasteiger partial charge in [0.05, 0.1) is 39.2 Å². The molecule has 0 amide bonds. The van der Waals surface area contributed by atoms with Gasteiger partial charge in [-0.3, -0.25) is 0 Å². The van der Waals surface area contributed by atoms with Crippen molar-refractivity contribution in [2.24, 2.45) is 5.73 Å². The first kappa shape index (κ1) is 16.2. The van der Waals surface area contributed by atoms with E-state index in [0.717, 1.165) is 5.56 Å². The summed E-state index contributed by atoms with van der Waals surface area (Å²) in [7, 11) is 3.13. The van der Waals surface area contributed by atoms with Crippen LogP contribution in [0.5, 0.6) is 11.5 Å². The molecule has 0 aliphatic heterocycles. The molecular weight excluding hydrogens is 288 g/mol. The van der Waals surface area contributed by atoms with E-state index in [0.29, 0.717) is 22.9 Å². The molecule has 0 spiro atoms. The lowest BCUT2D eigenvalue weighted by molar-refractivity contribution is 0.0782. The molecule has 1 unspecified atom stereocenters.